The first-order chi connectivity index (χ1) is 9.82. The Kier molecular flexibility index (Phi) is 4.97. The van der Waals surface area contributed by atoms with Crippen molar-refractivity contribution in [1.29, 1.82) is 0 Å². The Morgan fingerprint density at radius 2 is 1.62 bits per heavy atom. The van der Waals surface area contributed by atoms with E-state index in [1.54, 1.807) is 19.2 Å². The maximum atomic E-state index is 13.2. The summed E-state index contributed by atoms with van der Waals surface area (Å²) in [4.78, 5) is 0. The zero-order valence-electron chi connectivity index (χ0n) is 12.9. The topological polar surface area (TPSA) is 12.0 Å². The van der Waals surface area contributed by atoms with E-state index in [4.69, 9.17) is 0 Å². The highest BCUT2D eigenvalue weighted by Gasteiger charge is 2.38. The molecule has 3 unspecified atom stereocenters. The van der Waals surface area contributed by atoms with Gasteiger partial charge in [0.2, 0.25) is 0 Å². The summed E-state index contributed by atoms with van der Waals surface area (Å²) in [6.07, 6.45) is -1.14. The molecule has 0 saturated heterocycles. The quantitative estimate of drug-likeness (QED) is 0.824. The lowest BCUT2D eigenvalue weighted by molar-refractivity contribution is -0.138. The van der Waals surface area contributed by atoms with Gasteiger partial charge in [0, 0.05) is 6.04 Å². The summed E-state index contributed by atoms with van der Waals surface area (Å²) in [6, 6.07) is 5.74. The molecule has 0 bridgehead atoms. The second-order valence-corrected chi connectivity index (χ2v) is 6.53. The fourth-order valence-electron chi connectivity index (χ4n) is 3.95. The van der Waals surface area contributed by atoms with Gasteiger partial charge in [-0.15, -0.1) is 0 Å². The molecule has 0 radical (unpaired) electrons. The van der Waals surface area contributed by atoms with E-state index in [1.165, 1.54) is 18.6 Å². The van der Waals surface area contributed by atoms with Crippen molar-refractivity contribution in [2.24, 2.45) is 17.8 Å². The molecule has 21 heavy (non-hydrogen) atoms. The van der Waals surface area contributed by atoms with Crippen LogP contribution in [0.2, 0.25) is 0 Å². The first kappa shape index (κ1) is 16.3. The van der Waals surface area contributed by atoms with Crippen LogP contribution in [-0.4, -0.2) is 7.05 Å². The van der Waals surface area contributed by atoms with Gasteiger partial charge in [-0.3, -0.25) is 0 Å². The Bertz CT molecular complexity index is 459. The van der Waals surface area contributed by atoms with E-state index in [9.17, 15) is 13.2 Å². The van der Waals surface area contributed by atoms with Gasteiger partial charge in [-0.1, -0.05) is 32.0 Å². The highest BCUT2D eigenvalue weighted by molar-refractivity contribution is 5.33. The van der Waals surface area contributed by atoms with Crippen LogP contribution in [0.3, 0.4) is 0 Å². The summed E-state index contributed by atoms with van der Waals surface area (Å²) in [7, 11) is 1.77. The third kappa shape index (κ3) is 3.79. The molecule has 0 heterocycles. The van der Waals surface area contributed by atoms with Gasteiger partial charge in [-0.2, -0.15) is 13.2 Å². The highest BCUT2D eigenvalue weighted by atomic mass is 19.4. The maximum Gasteiger partial charge on any atom is 0.416 e. The third-order valence-electron chi connectivity index (χ3n) is 4.60. The molecule has 1 fully saturated rings. The SMILES string of the molecule is CNC(c1ccccc1C(F)(F)F)C1CC(C)CC(C)C1. The summed E-state index contributed by atoms with van der Waals surface area (Å²) in [5.41, 5.74) is -0.117. The van der Waals surface area contributed by atoms with Crippen molar-refractivity contribution in [3.63, 3.8) is 0 Å². The molecule has 118 valence electrons. The van der Waals surface area contributed by atoms with Crippen LogP contribution in [0.4, 0.5) is 13.2 Å². The minimum atomic E-state index is -4.29. The van der Waals surface area contributed by atoms with E-state index in [1.807, 2.05) is 0 Å². The van der Waals surface area contributed by atoms with E-state index in [0.29, 0.717) is 17.4 Å². The molecule has 4 heteroatoms. The normalized spacial score (nSPS) is 28.4. The fraction of sp³-hybridized carbons (Fsp3) is 0.647. The molecule has 1 saturated carbocycles. The Labute approximate surface area is 124 Å². The van der Waals surface area contributed by atoms with Gasteiger partial charge in [0.05, 0.1) is 5.56 Å². The maximum absolute atomic E-state index is 13.2. The predicted molar refractivity (Wildman–Crippen MR) is 78.9 cm³/mol. The molecule has 1 aliphatic rings. The van der Waals surface area contributed by atoms with Crippen LogP contribution in [-0.2, 0) is 6.18 Å². The van der Waals surface area contributed by atoms with E-state index < -0.39 is 11.7 Å². The lowest BCUT2D eigenvalue weighted by atomic mass is 9.72. The van der Waals surface area contributed by atoms with Gasteiger partial charge < -0.3 is 5.32 Å². The lowest BCUT2D eigenvalue weighted by Gasteiger charge is -2.37. The van der Waals surface area contributed by atoms with Gasteiger partial charge in [0.1, 0.15) is 0 Å². The van der Waals surface area contributed by atoms with E-state index in [0.717, 1.165) is 12.8 Å². The second kappa shape index (κ2) is 6.39. The number of alkyl halides is 3. The Morgan fingerprint density at radius 1 is 1.05 bits per heavy atom. The number of rotatable bonds is 3. The molecule has 1 aromatic rings. The van der Waals surface area contributed by atoms with E-state index in [-0.39, 0.29) is 12.0 Å². The summed E-state index contributed by atoms with van der Waals surface area (Å²) in [5.74, 6) is 1.41. The van der Waals surface area contributed by atoms with Crippen LogP contribution in [0.25, 0.3) is 0 Å². The van der Waals surface area contributed by atoms with Gasteiger partial charge in [0.25, 0.3) is 0 Å². The molecule has 1 N–H and O–H groups in total. The number of nitrogens with one attached hydrogen (secondary N) is 1. The average molecular weight is 299 g/mol. The van der Waals surface area contributed by atoms with Crippen LogP contribution in [0.5, 0.6) is 0 Å². The van der Waals surface area contributed by atoms with Gasteiger partial charge in [-0.05, 0) is 55.7 Å². The third-order valence-corrected chi connectivity index (χ3v) is 4.60. The molecule has 3 atom stereocenters. The summed E-state index contributed by atoms with van der Waals surface area (Å²) >= 11 is 0. The Morgan fingerprint density at radius 3 is 2.14 bits per heavy atom. The van der Waals surface area contributed by atoms with Crippen molar-refractivity contribution in [1.82, 2.24) is 5.32 Å². The zero-order chi connectivity index (χ0) is 15.6. The van der Waals surface area contributed by atoms with Crippen LogP contribution in [0.15, 0.2) is 24.3 Å². The summed E-state index contributed by atoms with van der Waals surface area (Å²) < 4.78 is 39.7. The monoisotopic (exact) mass is 299 g/mol. The number of hydrogen-bond acceptors (Lipinski definition) is 1. The highest BCUT2D eigenvalue weighted by Crippen LogP contribution is 2.43. The minimum Gasteiger partial charge on any atom is -0.313 e. The molecular weight excluding hydrogens is 275 g/mol. The molecule has 1 aliphatic carbocycles. The molecule has 0 aliphatic heterocycles. The molecule has 0 aromatic heterocycles. The lowest BCUT2D eigenvalue weighted by Crippen LogP contribution is -2.32. The molecule has 2 rings (SSSR count). The van der Waals surface area contributed by atoms with Crippen molar-refractivity contribution < 1.29 is 13.2 Å². The Balaban J connectivity index is 2.34. The van der Waals surface area contributed by atoms with Crippen molar-refractivity contribution in [2.45, 2.75) is 45.3 Å². The van der Waals surface area contributed by atoms with Crippen molar-refractivity contribution in [3.05, 3.63) is 35.4 Å². The minimum absolute atomic E-state index is 0.229. The standard InChI is InChI=1S/C17H24F3N/c1-11-8-12(2)10-13(9-11)16(21-3)14-6-4-5-7-15(14)17(18,19)20/h4-7,11-13,16,21H,8-10H2,1-3H3. The Hall–Kier alpha value is -1.03. The van der Waals surface area contributed by atoms with Gasteiger partial charge in [-0.25, -0.2) is 0 Å². The molecule has 0 spiro atoms. The molecular formula is C17H24F3N. The number of benzene rings is 1. The molecule has 1 aromatic carbocycles. The predicted octanol–water partition coefficient (Wildman–Crippen LogP) is 5.04. The smallest absolute Gasteiger partial charge is 0.313 e. The van der Waals surface area contributed by atoms with Crippen molar-refractivity contribution >= 4 is 0 Å². The zero-order valence-corrected chi connectivity index (χ0v) is 12.9. The first-order valence-corrected chi connectivity index (χ1v) is 7.66. The fourth-order valence-corrected chi connectivity index (χ4v) is 3.95. The average Bonchev–Trinajstić information content (AvgIpc) is 2.38. The van der Waals surface area contributed by atoms with Gasteiger partial charge in [0.15, 0.2) is 0 Å². The van der Waals surface area contributed by atoms with Crippen LogP contribution in [0, 0.1) is 17.8 Å². The molecule has 0 amide bonds. The van der Waals surface area contributed by atoms with Crippen LogP contribution >= 0.6 is 0 Å². The van der Waals surface area contributed by atoms with E-state index in [2.05, 4.69) is 19.2 Å². The summed E-state index contributed by atoms with van der Waals surface area (Å²) in [5, 5.41) is 3.14. The van der Waals surface area contributed by atoms with Gasteiger partial charge >= 0.3 is 6.18 Å². The van der Waals surface area contributed by atoms with E-state index >= 15 is 0 Å². The summed E-state index contributed by atoms with van der Waals surface area (Å²) in [6.45, 7) is 4.40. The van der Waals surface area contributed by atoms with Crippen LogP contribution in [0.1, 0.15) is 50.3 Å². The van der Waals surface area contributed by atoms with Crippen molar-refractivity contribution in [3.8, 4) is 0 Å². The number of hydrogen-bond donors (Lipinski definition) is 1. The number of halogens is 3. The van der Waals surface area contributed by atoms with Crippen molar-refractivity contribution in [2.75, 3.05) is 7.05 Å². The second-order valence-electron chi connectivity index (χ2n) is 6.53. The largest absolute Gasteiger partial charge is 0.416 e. The van der Waals surface area contributed by atoms with Crippen LogP contribution < -0.4 is 5.32 Å². The first-order valence-electron chi connectivity index (χ1n) is 7.66. The molecule has 1 nitrogen and oxygen atoms in total.